The van der Waals surface area contributed by atoms with Gasteiger partial charge in [-0.05, 0) is 30.0 Å². The summed E-state index contributed by atoms with van der Waals surface area (Å²) in [6.45, 7) is 2.40. The number of rotatable bonds is 3. The van der Waals surface area contributed by atoms with Crippen LogP contribution in [0, 0.1) is 6.92 Å². The summed E-state index contributed by atoms with van der Waals surface area (Å²) in [5.74, 6) is -0.936. The summed E-state index contributed by atoms with van der Waals surface area (Å²) >= 11 is 0. The number of benzene rings is 2. The van der Waals surface area contributed by atoms with Gasteiger partial charge in [0.15, 0.2) is 0 Å². The maximum absolute atomic E-state index is 11.2. The Morgan fingerprint density at radius 3 is 2.73 bits per heavy atom. The molecule has 0 aliphatic heterocycles. The van der Waals surface area contributed by atoms with E-state index < -0.39 is 5.97 Å². The molecule has 4 heteroatoms. The first-order valence-electron chi connectivity index (χ1n) is 7.02. The Morgan fingerprint density at radius 2 is 2.00 bits per heavy atom. The van der Waals surface area contributed by atoms with Crippen molar-refractivity contribution in [3.05, 3.63) is 65.5 Å². The van der Waals surface area contributed by atoms with Crippen LogP contribution in [-0.2, 0) is 6.54 Å². The van der Waals surface area contributed by atoms with Crippen LogP contribution in [0.5, 0.6) is 0 Å². The van der Waals surface area contributed by atoms with Crippen molar-refractivity contribution in [2.75, 3.05) is 0 Å². The SMILES string of the molecule is Cc1ccc2c(CN)ncc(-c3cccc(C(=O)O)c3)c2c1. The number of hydrogen-bond donors (Lipinski definition) is 2. The van der Waals surface area contributed by atoms with E-state index in [9.17, 15) is 4.79 Å². The molecule has 0 aliphatic rings. The molecule has 4 nitrogen and oxygen atoms in total. The third-order valence-corrected chi connectivity index (χ3v) is 3.74. The summed E-state index contributed by atoms with van der Waals surface area (Å²) in [6, 6.07) is 13.0. The summed E-state index contributed by atoms with van der Waals surface area (Å²) in [5, 5.41) is 11.2. The van der Waals surface area contributed by atoms with Gasteiger partial charge < -0.3 is 10.8 Å². The molecule has 0 unspecified atom stereocenters. The maximum Gasteiger partial charge on any atom is 0.335 e. The van der Waals surface area contributed by atoms with Crippen LogP contribution in [0.25, 0.3) is 21.9 Å². The highest BCUT2D eigenvalue weighted by Gasteiger charge is 2.11. The van der Waals surface area contributed by atoms with Gasteiger partial charge >= 0.3 is 5.97 Å². The Morgan fingerprint density at radius 1 is 1.18 bits per heavy atom. The smallest absolute Gasteiger partial charge is 0.335 e. The Balaban J connectivity index is 2.29. The fourth-order valence-corrected chi connectivity index (χ4v) is 2.63. The number of nitrogens with two attached hydrogens (primary N) is 1. The van der Waals surface area contributed by atoms with Crippen molar-refractivity contribution in [3.8, 4) is 11.1 Å². The number of aromatic nitrogens is 1. The van der Waals surface area contributed by atoms with Crippen LogP contribution in [0.3, 0.4) is 0 Å². The molecule has 0 amide bonds. The van der Waals surface area contributed by atoms with Gasteiger partial charge in [0.1, 0.15) is 0 Å². The second-order valence-electron chi connectivity index (χ2n) is 5.26. The monoisotopic (exact) mass is 292 g/mol. The second-order valence-corrected chi connectivity index (χ2v) is 5.26. The van der Waals surface area contributed by atoms with Gasteiger partial charge in [-0.25, -0.2) is 4.79 Å². The van der Waals surface area contributed by atoms with Gasteiger partial charge in [-0.15, -0.1) is 0 Å². The first-order chi connectivity index (χ1) is 10.6. The highest BCUT2D eigenvalue weighted by atomic mass is 16.4. The molecule has 1 aromatic heterocycles. The number of nitrogens with zero attached hydrogens (tertiary/aromatic N) is 1. The zero-order valence-electron chi connectivity index (χ0n) is 12.2. The van der Waals surface area contributed by atoms with Gasteiger partial charge in [0, 0.05) is 23.7 Å². The molecule has 3 N–H and O–H groups in total. The molecule has 0 saturated carbocycles. The van der Waals surface area contributed by atoms with Crippen molar-refractivity contribution in [3.63, 3.8) is 0 Å². The minimum Gasteiger partial charge on any atom is -0.478 e. The van der Waals surface area contributed by atoms with E-state index in [2.05, 4.69) is 11.1 Å². The third-order valence-electron chi connectivity index (χ3n) is 3.74. The van der Waals surface area contributed by atoms with Gasteiger partial charge in [0.2, 0.25) is 0 Å². The summed E-state index contributed by atoms with van der Waals surface area (Å²) in [7, 11) is 0. The van der Waals surface area contributed by atoms with Crippen LogP contribution in [0.2, 0.25) is 0 Å². The minimum atomic E-state index is -0.936. The van der Waals surface area contributed by atoms with Gasteiger partial charge in [0.05, 0.1) is 11.3 Å². The number of carbonyl (C=O) groups is 1. The fraction of sp³-hybridized carbons (Fsp3) is 0.111. The number of carboxylic acid groups (broad SMARTS) is 1. The molecule has 2 aromatic carbocycles. The highest BCUT2D eigenvalue weighted by Crippen LogP contribution is 2.30. The Hall–Kier alpha value is -2.72. The van der Waals surface area contributed by atoms with Gasteiger partial charge in [-0.1, -0.05) is 35.9 Å². The molecule has 0 spiro atoms. The van der Waals surface area contributed by atoms with Gasteiger partial charge in [0.25, 0.3) is 0 Å². The van der Waals surface area contributed by atoms with Crippen molar-refractivity contribution in [1.82, 2.24) is 4.98 Å². The molecule has 0 bridgehead atoms. The quantitative estimate of drug-likeness (QED) is 0.776. The zero-order valence-corrected chi connectivity index (χ0v) is 12.2. The fourth-order valence-electron chi connectivity index (χ4n) is 2.63. The number of carboxylic acids is 1. The number of hydrogen-bond acceptors (Lipinski definition) is 3. The molecule has 1 heterocycles. The van der Waals surface area contributed by atoms with Crippen LogP contribution >= 0.6 is 0 Å². The van der Waals surface area contributed by atoms with E-state index in [0.29, 0.717) is 6.54 Å². The molecular formula is C18H16N2O2. The summed E-state index contributed by atoms with van der Waals surface area (Å²) < 4.78 is 0. The average molecular weight is 292 g/mol. The lowest BCUT2D eigenvalue weighted by molar-refractivity contribution is 0.0697. The van der Waals surface area contributed by atoms with Crippen LogP contribution in [0.4, 0.5) is 0 Å². The average Bonchev–Trinajstić information content (AvgIpc) is 2.53. The third kappa shape index (κ3) is 2.44. The first-order valence-corrected chi connectivity index (χ1v) is 7.02. The van der Waals surface area contributed by atoms with Crippen LogP contribution < -0.4 is 5.73 Å². The topological polar surface area (TPSA) is 76.2 Å². The van der Waals surface area contributed by atoms with Crippen LogP contribution in [0.1, 0.15) is 21.6 Å². The number of pyridine rings is 1. The molecule has 110 valence electrons. The number of aryl methyl sites for hydroxylation is 1. The Kier molecular flexibility index (Phi) is 3.61. The summed E-state index contributed by atoms with van der Waals surface area (Å²) in [4.78, 5) is 15.6. The lowest BCUT2D eigenvalue weighted by Gasteiger charge is -2.11. The second kappa shape index (κ2) is 5.58. The molecule has 0 fully saturated rings. The van der Waals surface area contributed by atoms with E-state index in [1.54, 1.807) is 24.4 Å². The zero-order chi connectivity index (χ0) is 15.7. The van der Waals surface area contributed by atoms with E-state index in [0.717, 1.165) is 33.2 Å². The van der Waals surface area contributed by atoms with Crippen LogP contribution in [-0.4, -0.2) is 16.1 Å². The first kappa shape index (κ1) is 14.2. The van der Waals surface area contributed by atoms with E-state index in [-0.39, 0.29) is 5.56 Å². The number of aromatic carboxylic acids is 1. The minimum absolute atomic E-state index is 0.265. The van der Waals surface area contributed by atoms with Gasteiger partial charge in [-0.3, -0.25) is 4.98 Å². The lowest BCUT2D eigenvalue weighted by Crippen LogP contribution is -2.01. The summed E-state index contributed by atoms with van der Waals surface area (Å²) in [5.41, 5.74) is 9.76. The largest absolute Gasteiger partial charge is 0.478 e. The van der Waals surface area contributed by atoms with Gasteiger partial charge in [-0.2, -0.15) is 0 Å². The van der Waals surface area contributed by atoms with Crippen molar-refractivity contribution in [1.29, 1.82) is 0 Å². The molecular weight excluding hydrogens is 276 g/mol. The normalized spacial score (nSPS) is 10.8. The Labute approximate surface area is 128 Å². The molecule has 0 saturated heterocycles. The lowest BCUT2D eigenvalue weighted by atomic mass is 9.96. The number of fused-ring (bicyclic) bond motifs is 1. The molecule has 3 rings (SSSR count). The van der Waals surface area contributed by atoms with Crippen molar-refractivity contribution in [2.45, 2.75) is 13.5 Å². The maximum atomic E-state index is 11.2. The molecule has 0 atom stereocenters. The Bertz CT molecular complexity index is 872. The van der Waals surface area contributed by atoms with Crippen LogP contribution in [0.15, 0.2) is 48.7 Å². The standard InChI is InChI=1S/C18H16N2O2/c1-11-5-6-14-15(7-11)16(10-20-17(14)9-19)12-3-2-4-13(8-12)18(21)22/h2-8,10H,9,19H2,1H3,(H,21,22). The van der Waals surface area contributed by atoms with E-state index >= 15 is 0 Å². The summed E-state index contributed by atoms with van der Waals surface area (Å²) in [6.07, 6.45) is 1.77. The molecule has 0 radical (unpaired) electrons. The van der Waals surface area contributed by atoms with Crippen molar-refractivity contribution >= 4 is 16.7 Å². The van der Waals surface area contributed by atoms with E-state index in [1.165, 1.54) is 0 Å². The van der Waals surface area contributed by atoms with E-state index in [1.807, 2.05) is 25.1 Å². The molecule has 22 heavy (non-hydrogen) atoms. The predicted molar refractivity (Wildman–Crippen MR) is 86.8 cm³/mol. The van der Waals surface area contributed by atoms with E-state index in [4.69, 9.17) is 10.8 Å². The van der Waals surface area contributed by atoms with Crippen molar-refractivity contribution < 1.29 is 9.90 Å². The molecule has 3 aromatic rings. The highest BCUT2D eigenvalue weighted by molar-refractivity contribution is 5.99. The van der Waals surface area contributed by atoms with Crippen molar-refractivity contribution in [2.24, 2.45) is 5.73 Å². The predicted octanol–water partition coefficient (Wildman–Crippen LogP) is 3.37. The molecule has 0 aliphatic carbocycles.